The summed E-state index contributed by atoms with van der Waals surface area (Å²) in [5.41, 5.74) is -1.03. The van der Waals surface area contributed by atoms with Crippen molar-refractivity contribution < 1.29 is 13.6 Å². The number of rotatable bonds is 1. The van der Waals surface area contributed by atoms with Gasteiger partial charge >= 0.3 is 0 Å². The lowest BCUT2D eigenvalue weighted by Crippen LogP contribution is -1.95. The molecule has 1 rings (SSSR count). The van der Waals surface area contributed by atoms with Crippen LogP contribution in [0.4, 0.5) is 8.78 Å². The van der Waals surface area contributed by atoms with E-state index in [1.54, 1.807) is 0 Å². The van der Waals surface area contributed by atoms with Gasteiger partial charge in [-0.05, 0) is 12.1 Å². The van der Waals surface area contributed by atoms with Crippen LogP contribution in [0.2, 0.25) is 0 Å². The number of carbonyl (C=O) groups is 1. The number of hydrogen-bond acceptors (Lipinski definition) is 2. The Bertz CT molecular complexity index is 368. The molecule has 0 saturated carbocycles. The third-order valence-electron chi connectivity index (χ3n) is 1.36. The van der Waals surface area contributed by atoms with Gasteiger partial charge in [0.15, 0.2) is 12.1 Å². The first kappa shape index (κ1) is 8.34. The summed E-state index contributed by atoms with van der Waals surface area (Å²) in [6.45, 7) is 0. The predicted molar refractivity (Wildman–Crippen MR) is 36.5 cm³/mol. The number of carbonyl (C=O) groups excluding carboxylic acids is 1. The van der Waals surface area contributed by atoms with Crippen LogP contribution < -0.4 is 0 Å². The molecule has 1 aromatic rings. The maximum atomic E-state index is 12.8. The number of benzene rings is 1. The van der Waals surface area contributed by atoms with E-state index in [2.05, 4.69) is 0 Å². The molecule has 0 bridgehead atoms. The summed E-state index contributed by atoms with van der Waals surface area (Å²) >= 11 is 0. The fraction of sp³-hybridized carbons (Fsp3) is 0. The summed E-state index contributed by atoms with van der Waals surface area (Å²) in [4.78, 5) is 10.1. The molecule has 0 N–H and O–H groups in total. The number of aldehydes is 1. The molecule has 0 atom stereocenters. The van der Waals surface area contributed by atoms with Gasteiger partial charge in [0.1, 0.15) is 17.4 Å². The predicted octanol–water partition coefficient (Wildman–Crippen LogP) is 1.65. The molecule has 4 heteroatoms. The third kappa shape index (κ3) is 1.17. The maximum absolute atomic E-state index is 12.8. The molecule has 0 aliphatic heterocycles. The monoisotopic (exact) mass is 167 g/mol. The Kier molecular flexibility index (Phi) is 2.15. The highest BCUT2D eigenvalue weighted by molar-refractivity contribution is 5.76. The van der Waals surface area contributed by atoms with Gasteiger partial charge in [-0.25, -0.2) is 8.78 Å². The Balaban J connectivity index is 3.46. The van der Waals surface area contributed by atoms with Crippen LogP contribution in [0.15, 0.2) is 12.1 Å². The highest BCUT2D eigenvalue weighted by Gasteiger charge is 2.11. The molecule has 0 aromatic heterocycles. The van der Waals surface area contributed by atoms with Crippen molar-refractivity contribution in [2.45, 2.75) is 0 Å². The van der Waals surface area contributed by atoms with Crippen molar-refractivity contribution in [3.8, 4) is 6.07 Å². The minimum atomic E-state index is -1.10. The van der Waals surface area contributed by atoms with Gasteiger partial charge in [0.2, 0.25) is 0 Å². The van der Waals surface area contributed by atoms with E-state index in [1.165, 1.54) is 6.07 Å². The molecule has 0 amide bonds. The van der Waals surface area contributed by atoms with Crippen molar-refractivity contribution in [2.75, 3.05) is 0 Å². The Hall–Kier alpha value is -1.76. The Morgan fingerprint density at radius 3 is 2.58 bits per heavy atom. The normalized spacial score (nSPS) is 9.08. The second-order valence-electron chi connectivity index (χ2n) is 2.06. The summed E-state index contributed by atoms with van der Waals surface area (Å²) in [6, 6.07) is 3.19. The molecule has 0 saturated heterocycles. The molecule has 12 heavy (non-hydrogen) atoms. The Morgan fingerprint density at radius 1 is 1.42 bits per heavy atom. The van der Waals surface area contributed by atoms with Crippen molar-refractivity contribution in [1.82, 2.24) is 0 Å². The second kappa shape index (κ2) is 3.09. The average molecular weight is 167 g/mol. The van der Waals surface area contributed by atoms with E-state index in [0.29, 0.717) is 0 Å². The molecular formula is C8H3F2NO. The minimum absolute atomic E-state index is 0.232. The van der Waals surface area contributed by atoms with Crippen molar-refractivity contribution >= 4 is 6.29 Å². The average Bonchev–Trinajstić information content (AvgIpc) is 2.06. The molecule has 0 aliphatic carbocycles. The van der Waals surface area contributed by atoms with Gasteiger partial charge in [-0.3, -0.25) is 4.79 Å². The largest absolute Gasteiger partial charge is 0.298 e. The van der Waals surface area contributed by atoms with Gasteiger partial charge in [0.25, 0.3) is 0 Å². The molecule has 0 radical (unpaired) electrons. The summed E-state index contributed by atoms with van der Waals surface area (Å²) in [5, 5.41) is 8.27. The van der Waals surface area contributed by atoms with Crippen LogP contribution in [0.25, 0.3) is 0 Å². The van der Waals surface area contributed by atoms with Crippen molar-refractivity contribution in [3.05, 3.63) is 34.9 Å². The molecule has 1 aromatic carbocycles. The number of nitrogens with zero attached hydrogens (tertiary/aromatic N) is 1. The fourth-order valence-electron chi connectivity index (χ4n) is 0.762. The van der Waals surface area contributed by atoms with Crippen molar-refractivity contribution in [3.63, 3.8) is 0 Å². The van der Waals surface area contributed by atoms with Crippen LogP contribution in [0.3, 0.4) is 0 Å². The Morgan fingerprint density at radius 2 is 2.08 bits per heavy atom. The van der Waals surface area contributed by atoms with E-state index in [4.69, 9.17) is 5.26 Å². The highest BCUT2D eigenvalue weighted by atomic mass is 19.1. The van der Waals surface area contributed by atoms with Crippen molar-refractivity contribution in [2.24, 2.45) is 0 Å². The molecule has 0 heterocycles. The Labute approximate surface area is 67.0 Å². The molecule has 0 spiro atoms. The standard InChI is InChI=1S/C8H3F2NO/c9-7-2-1-5(4-12)8(10)6(7)3-11/h1-2,4H. The van der Waals surface area contributed by atoms with E-state index in [0.717, 1.165) is 12.1 Å². The number of halogens is 2. The zero-order chi connectivity index (χ0) is 9.14. The van der Waals surface area contributed by atoms with Gasteiger partial charge in [0.05, 0.1) is 5.56 Å². The van der Waals surface area contributed by atoms with E-state index < -0.39 is 17.2 Å². The molecular weight excluding hydrogens is 164 g/mol. The van der Waals surface area contributed by atoms with E-state index in [-0.39, 0.29) is 11.8 Å². The number of nitriles is 1. The lowest BCUT2D eigenvalue weighted by Gasteiger charge is -1.96. The van der Waals surface area contributed by atoms with E-state index in [1.807, 2.05) is 0 Å². The van der Waals surface area contributed by atoms with Gasteiger partial charge in [-0.2, -0.15) is 5.26 Å². The summed E-state index contributed by atoms with van der Waals surface area (Å²) in [5.74, 6) is -2.06. The van der Waals surface area contributed by atoms with Crippen LogP contribution in [0.1, 0.15) is 15.9 Å². The summed E-state index contributed by atoms with van der Waals surface area (Å²) in [7, 11) is 0. The molecule has 0 unspecified atom stereocenters. The first-order chi connectivity index (χ1) is 5.70. The third-order valence-corrected chi connectivity index (χ3v) is 1.36. The molecule has 0 aliphatic rings. The summed E-state index contributed by atoms with van der Waals surface area (Å²) in [6.07, 6.45) is 0.232. The quantitative estimate of drug-likeness (QED) is 0.596. The van der Waals surface area contributed by atoms with Gasteiger partial charge in [0, 0.05) is 0 Å². The smallest absolute Gasteiger partial charge is 0.154 e. The zero-order valence-corrected chi connectivity index (χ0v) is 5.84. The first-order valence-electron chi connectivity index (χ1n) is 3.04. The van der Waals surface area contributed by atoms with Gasteiger partial charge in [-0.1, -0.05) is 0 Å². The van der Waals surface area contributed by atoms with Gasteiger partial charge < -0.3 is 0 Å². The zero-order valence-electron chi connectivity index (χ0n) is 5.84. The van der Waals surface area contributed by atoms with Crippen LogP contribution in [0, 0.1) is 23.0 Å². The van der Waals surface area contributed by atoms with E-state index in [9.17, 15) is 13.6 Å². The molecule has 0 fully saturated rings. The lowest BCUT2D eigenvalue weighted by molar-refractivity contribution is 0.111. The van der Waals surface area contributed by atoms with E-state index >= 15 is 0 Å². The topological polar surface area (TPSA) is 40.9 Å². The van der Waals surface area contributed by atoms with Crippen LogP contribution >= 0.6 is 0 Å². The minimum Gasteiger partial charge on any atom is -0.298 e. The van der Waals surface area contributed by atoms with Crippen LogP contribution in [-0.4, -0.2) is 6.29 Å². The molecule has 2 nitrogen and oxygen atoms in total. The highest BCUT2D eigenvalue weighted by Crippen LogP contribution is 2.13. The number of hydrogen-bond donors (Lipinski definition) is 0. The van der Waals surface area contributed by atoms with Crippen molar-refractivity contribution in [1.29, 1.82) is 5.26 Å². The van der Waals surface area contributed by atoms with Crippen LogP contribution in [-0.2, 0) is 0 Å². The summed E-state index contributed by atoms with van der Waals surface area (Å²) < 4.78 is 25.4. The molecule has 60 valence electrons. The van der Waals surface area contributed by atoms with Gasteiger partial charge in [-0.15, -0.1) is 0 Å². The first-order valence-corrected chi connectivity index (χ1v) is 3.04. The maximum Gasteiger partial charge on any atom is 0.154 e. The second-order valence-corrected chi connectivity index (χ2v) is 2.06. The van der Waals surface area contributed by atoms with Crippen LogP contribution in [0.5, 0.6) is 0 Å². The fourth-order valence-corrected chi connectivity index (χ4v) is 0.762. The lowest BCUT2D eigenvalue weighted by atomic mass is 10.1. The SMILES string of the molecule is N#Cc1c(F)ccc(C=O)c1F.